The summed E-state index contributed by atoms with van der Waals surface area (Å²) in [5, 5.41) is 2.31. The summed E-state index contributed by atoms with van der Waals surface area (Å²) >= 11 is 1.98. The summed E-state index contributed by atoms with van der Waals surface area (Å²) in [4.78, 5) is 4.40. The van der Waals surface area contributed by atoms with Gasteiger partial charge in [0.25, 0.3) is 0 Å². The van der Waals surface area contributed by atoms with Gasteiger partial charge in [-0.15, -0.1) is 11.3 Å². The lowest BCUT2D eigenvalue weighted by atomic mass is 9.72. The molecule has 1 aliphatic heterocycles. The first kappa shape index (κ1) is 18.3. The fraction of sp³-hybridized carbons (Fsp3) is 0.583. The molecule has 4 rings (SSSR count). The van der Waals surface area contributed by atoms with Crippen molar-refractivity contribution in [3.05, 3.63) is 57.3 Å². The number of piperidine rings is 1. The Hall–Kier alpha value is -1.12. The fourth-order valence-corrected chi connectivity index (χ4v) is 6.19. The van der Waals surface area contributed by atoms with Crippen LogP contribution in [0.5, 0.6) is 0 Å². The maximum atomic E-state index is 2.73. The highest BCUT2D eigenvalue weighted by Gasteiger charge is 2.33. The van der Waals surface area contributed by atoms with Crippen molar-refractivity contribution in [1.82, 2.24) is 4.90 Å². The first-order valence-corrected chi connectivity index (χ1v) is 11.4. The first-order chi connectivity index (χ1) is 12.7. The van der Waals surface area contributed by atoms with Gasteiger partial charge in [0.2, 0.25) is 0 Å². The highest BCUT2D eigenvalue weighted by molar-refractivity contribution is 7.10. The van der Waals surface area contributed by atoms with E-state index in [1.807, 2.05) is 11.3 Å². The van der Waals surface area contributed by atoms with Crippen LogP contribution in [0.15, 0.2) is 35.7 Å². The molecule has 2 aromatic rings. The van der Waals surface area contributed by atoms with Gasteiger partial charge in [0.05, 0.1) is 0 Å². The Kier molecular flexibility index (Phi) is 5.52. The van der Waals surface area contributed by atoms with Crippen LogP contribution in [0.3, 0.4) is 0 Å². The molecule has 2 aliphatic rings. The second-order valence-corrected chi connectivity index (χ2v) is 9.59. The van der Waals surface area contributed by atoms with Crippen LogP contribution in [0.2, 0.25) is 0 Å². The van der Waals surface area contributed by atoms with E-state index in [9.17, 15) is 0 Å². The smallest absolute Gasteiger partial charge is 0.00800 e. The van der Waals surface area contributed by atoms with Crippen LogP contribution in [0, 0.1) is 0 Å². The van der Waals surface area contributed by atoms with Crippen LogP contribution in [0.25, 0.3) is 0 Å². The number of nitrogens with zero attached hydrogens (tertiary/aromatic N) is 1. The molecule has 0 saturated carbocycles. The van der Waals surface area contributed by atoms with E-state index >= 15 is 0 Å². The van der Waals surface area contributed by atoms with E-state index < -0.39 is 0 Å². The zero-order valence-electron chi connectivity index (χ0n) is 16.5. The SMILES string of the molecule is CCc1ccccc1C1(C)CCN(CCC2CCCc3sccc32)CC1. The molecule has 1 nitrogen and oxygen atoms in total. The maximum Gasteiger partial charge on any atom is 0.00800 e. The second kappa shape index (κ2) is 7.86. The maximum absolute atomic E-state index is 2.73. The topological polar surface area (TPSA) is 3.24 Å². The molecule has 0 spiro atoms. The van der Waals surface area contributed by atoms with Gasteiger partial charge in [-0.05, 0) is 104 Å². The van der Waals surface area contributed by atoms with Gasteiger partial charge in [-0.3, -0.25) is 0 Å². The molecular formula is C24H33NS. The lowest BCUT2D eigenvalue weighted by molar-refractivity contribution is 0.162. The van der Waals surface area contributed by atoms with Crippen molar-refractivity contribution in [3.63, 3.8) is 0 Å². The van der Waals surface area contributed by atoms with Gasteiger partial charge in [-0.2, -0.15) is 0 Å². The van der Waals surface area contributed by atoms with Gasteiger partial charge >= 0.3 is 0 Å². The summed E-state index contributed by atoms with van der Waals surface area (Å²) < 4.78 is 0. The fourth-order valence-electron chi connectivity index (χ4n) is 5.18. The Morgan fingerprint density at radius 3 is 2.77 bits per heavy atom. The Morgan fingerprint density at radius 1 is 1.15 bits per heavy atom. The summed E-state index contributed by atoms with van der Waals surface area (Å²) in [6.45, 7) is 8.60. The molecule has 26 heavy (non-hydrogen) atoms. The van der Waals surface area contributed by atoms with Gasteiger partial charge in [-0.25, -0.2) is 0 Å². The summed E-state index contributed by atoms with van der Waals surface area (Å²) in [7, 11) is 0. The van der Waals surface area contributed by atoms with E-state index in [2.05, 4.69) is 54.5 Å². The molecule has 1 unspecified atom stereocenters. The van der Waals surface area contributed by atoms with E-state index in [0.29, 0.717) is 5.41 Å². The third-order valence-electron chi connectivity index (χ3n) is 6.98. The Balaban J connectivity index is 1.34. The Morgan fingerprint density at radius 2 is 1.96 bits per heavy atom. The van der Waals surface area contributed by atoms with Gasteiger partial charge in [0.15, 0.2) is 0 Å². The predicted molar refractivity (Wildman–Crippen MR) is 113 cm³/mol. The van der Waals surface area contributed by atoms with E-state index in [4.69, 9.17) is 0 Å². The number of hydrogen-bond acceptors (Lipinski definition) is 2. The van der Waals surface area contributed by atoms with E-state index in [1.165, 1.54) is 58.2 Å². The predicted octanol–water partition coefficient (Wildman–Crippen LogP) is 6.17. The summed E-state index contributed by atoms with van der Waals surface area (Å²) in [5.74, 6) is 0.819. The summed E-state index contributed by atoms with van der Waals surface area (Å²) in [5.41, 5.74) is 5.21. The first-order valence-electron chi connectivity index (χ1n) is 10.6. The highest BCUT2D eigenvalue weighted by Crippen LogP contribution is 2.39. The highest BCUT2D eigenvalue weighted by atomic mass is 32.1. The van der Waals surface area contributed by atoms with E-state index in [1.54, 1.807) is 21.6 Å². The minimum atomic E-state index is 0.370. The standard InChI is InChI=1S/C24H33NS/c1-3-19-7-4-5-9-22(19)24(2)13-16-25(17-14-24)15-11-20-8-6-10-23-21(20)12-18-26-23/h4-5,7,9,12,18,20H,3,6,8,10-11,13-17H2,1-2H3. The van der Waals surface area contributed by atoms with Crippen molar-refractivity contribution in [2.45, 2.75) is 70.1 Å². The number of likely N-dealkylation sites (tertiary alicyclic amines) is 1. The minimum absolute atomic E-state index is 0.370. The van der Waals surface area contributed by atoms with Crippen LogP contribution >= 0.6 is 11.3 Å². The van der Waals surface area contributed by atoms with Gasteiger partial charge in [-0.1, -0.05) is 38.1 Å². The van der Waals surface area contributed by atoms with Crippen LogP contribution in [-0.2, 0) is 18.3 Å². The molecule has 1 aromatic carbocycles. The van der Waals surface area contributed by atoms with Gasteiger partial charge < -0.3 is 4.90 Å². The minimum Gasteiger partial charge on any atom is -0.303 e. The zero-order valence-corrected chi connectivity index (χ0v) is 17.3. The molecule has 0 radical (unpaired) electrons. The molecule has 1 atom stereocenters. The van der Waals surface area contributed by atoms with E-state index in [-0.39, 0.29) is 0 Å². The molecule has 0 N–H and O–H groups in total. The zero-order chi connectivity index (χ0) is 18.0. The number of benzene rings is 1. The monoisotopic (exact) mass is 367 g/mol. The summed E-state index contributed by atoms with van der Waals surface area (Å²) in [6.07, 6.45) is 9.23. The van der Waals surface area contributed by atoms with Crippen LogP contribution in [-0.4, -0.2) is 24.5 Å². The summed E-state index contributed by atoms with van der Waals surface area (Å²) in [6, 6.07) is 11.5. The molecule has 0 amide bonds. The number of rotatable bonds is 5. The number of aryl methyl sites for hydroxylation is 2. The van der Waals surface area contributed by atoms with Crippen LogP contribution < -0.4 is 0 Å². The molecule has 1 aliphatic carbocycles. The van der Waals surface area contributed by atoms with Crippen molar-refractivity contribution in [1.29, 1.82) is 0 Å². The molecule has 2 heterocycles. The number of fused-ring (bicyclic) bond motifs is 1. The van der Waals surface area contributed by atoms with Crippen molar-refractivity contribution < 1.29 is 0 Å². The number of thiophene rings is 1. The van der Waals surface area contributed by atoms with Crippen molar-refractivity contribution >= 4 is 11.3 Å². The lowest BCUT2D eigenvalue weighted by Gasteiger charge is -2.41. The van der Waals surface area contributed by atoms with Crippen molar-refractivity contribution in [3.8, 4) is 0 Å². The lowest BCUT2D eigenvalue weighted by Crippen LogP contribution is -2.42. The van der Waals surface area contributed by atoms with Crippen LogP contribution in [0.1, 0.15) is 73.4 Å². The molecule has 1 saturated heterocycles. The normalized spacial score (nSPS) is 22.9. The molecule has 140 valence electrons. The molecule has 1 aromatic heterocycles. The third-order valence-corrected chi connectivity index (χ3v) is 7.97. The second-order valence-electron chi connectivity index (χ2n) is 8.59. The van der Waals surface area contributed by atoms with E-state index in [0.717, 1.165) is 12.3 Å². The quantitative estimate of drug-likeness (QED) is 0.610. The molecular weight excluding hydrogens is 334 g/mol. The van der Waals surface area contributed by atoms with Crippen LogP contribution in [0.4, 0.5) is 0 Å². The average molecular weight is 368 g/mol. The Labute approximate surface area is 163 Å². The molecule has 2 heteroatoms. The third kappa shape index (κ3) is 3.64. The largest absolute Gasteiger partial charge is 0.303 e. The van der Waals surface area contributed by atoms with Crippen molar-refractivity contribution in [2.24, 2.45) is 0 Å². The van der Waals surface area contributed by atoms with Crippen molar-refractivity contribution in [2.75, 3.05) is 19.6 Å². The number of hydrogen-bond donors (Lipinski definition) is 0. The molecule has 1 fully saturated rings. The average Bonchev–Trinajstić information content (AvgIpc) is 3.17. The van der Waals surface area contributed by atoms with Gasteiger partial charge in [0.1, 0.15) is 0 Å². The molecule has 0 bridgehead atoms. The Bertz CT molecular complexity index is 723. The van der Waals surface area contributed by atoms with Gasteiger partial charge in [0, 0.05) is 4.88 Å².